The molecule has 0 saturated heterocycles. The average molecular weight is 248 g/mol. The highest BCUT2D eigenvalue weighted by Gasteiger charge is 2.12. The molecule has 0 atom stereocenters. The molecule has 0 radical (unpaired) electrons. The van der Waals surface area contributed by atoms with Crippen molar-refractivity contribution in [2.75, 3.05) is 14.2 Å². The van der Waals surface area contributed by atoms with E-state index in [1.807, 2.05) is 24.3 Å². The van der Waals surface area contributed by atoms with Gasteiger partial charge in [0.15, 0.2) is 0 Å². The van der Waals surface area contributed by atoms with Crippen LogP contribution in [0.1, 0.15) is 0 Å². The lowest BCUT2D eigenvalue weighted by Gasteiger charge is -2.12. The molecule has 0 bridgehead atoms. The fourth-order valence-corrected chi connectivity index (χ4v) is 1.83. The molecule has 0 unspecified atom stereocenters. The molecule has 0 aliphatic rings. The number of ether oxygens (including phenoxy) is 2. The summed E-state index contributed by atoms with van der Waals surface area (Å²) in [5.41, 5.74) is 1.72. The van der Waals surface area contributed by atoms with Gasteiger partial charge in [0.05, 0.1) is 26.0 Å². The molecule has 0 aliphatic heterocycles. The normalized spacial score (nSPS) is 10.0. The standard InChI is InChI=1S/C12H12N2O2S/c1-15-9-4-3-5-10(16-2)12(9)8-6-11(17)14-13-7-8/h3-7H,1-2H3,(H,14,17). The summed E-state index contributed by atoms with van der Waals surface area (Å²) < 4.78 is 11.2. The van der Waals surface area contributed by atoms with Crippen LogP contribution in [0.5, 0.6) is 11.5 Å². The molecule has 0 aliphatic carbocycles. The SMILES string of the molecule is COc1cccc(OC)c1-c1cn[nH]c(=S)c1. The summed E-state index contributed by atoms with van der Waals surface area (Å²) in [6.45, 7) is 0. The highest BCUT2D eigenvalue weighted by Crippen LogP contribution is 2.37. The lowest BCUT2D eigenvalue weighted by molar-refractivity contribution is 0.397. The van der Waals surface area contributed by atoms with E-state index in [9.17, 15) is 0 Å². The zero-order chi connectivity index (χ0) is 12.3. The van der Waals surface area contributed by atoms with E-state index < -0.39 is 0 Å². The number of hydrogen-bond donors (Lipinski definition) is 1. The first-order valence-corrected chi connectivity index (χ1v) is 5.43. The molecule has 0 amide bonds. The average Bonchev–Trinajstić information content (AvgIpc) is 2.37. The number of hydrogen-bond acceptors (Lipinski definition) is 4. The molecule has 0 fully saturated rings. The van der Waals surface area contributed by atoms with Crippen molar-refractivity contribution in [3.63, 3.8) is 0 Å². The molecule has 1 N–H and O–H groups in total. The Balaban J connectivity index is 2.68. The highest BCUT2D eigenvalue weighted by molar-refractivity contribution is 7.71. The first kappa shape index (κ1) is 11.6. The van der Waals surface area contributed by atoms with Gasteiger partial charge < -0.3 is 9.47 Å². The van der Waals surface area contributed by atoms with E-state index in [1.54, 1.807) is 20.4 Å². The Bertz CT molecular complexity index is 558. The Morgan fingerprint density at radius 1 is 1.18 bits per heavy atom. The van der Waals surface area contributed by atoms with Crippen molar-refractivity contribution in [2.45, 2.75) is 0 Å². The summed E-state index contributed by atoms with van der Waals surface area (Å²) in [5, 5.41) is 6.67. The van der Waals surface area contributed by atoms with E-state index in [0.29, 0.717) is 4.64 Å². The van der Waals surface area contributed by atoms with E-state index in [0.717, 1.165) is 22.6 Å². The van der Waals surface area contributed by atoms with Crippen molar-refractivity contribution >= 4 is 12.2 Å². The van der Waals surface area contributed by atoms with Crippen LogP contribution in [0, 0.1) is 4.64 Å². The van der Waals surface area contributed by atoms with Gasteiger partial charge in [-0.05, 0) is 18.2 Å². The molecule has 5 heteroatoms. The van der Waals surface area contributed by atoms with Gasteiger partial charge in [-0.3, -0.25) is 5.10 Å². The number of aromatic amines is 1. The van der Waals surface area contributed by atoms with Gasteiger partial charge in [-0.1, -0.05) is 18.3 Å². The quantitative estimate of drug-likeness (QED) is 0.848. The topological polar surface area (TPSA) is 47.1 Å². The maximum atomic E-state index is 5.33. The first-order chi connectivity index (χ1) is 8.26. The monoisotopic (exact) mass is 248 g/mol. The summed E-state index contributed by atoms with van der Waals surface area (Å²) in [7, 11) is 3.24. The van der Waals surface area contributed by atoms with Gasteiger partial charge in [0, 0.05) is 5.56 Å². The van der Waals surface area contributed by atoms with Gasteiger partial charge in [-0.2, -0.15) is 5.10 Å². The van der Waals surface area contributed by atoms with Crippen molar-refractivity contribution in [3.8, 4) is 22.6 Å². The number of nitrogens with one attached hydrogen (secondary N) is 1. The maximum Gasteiger partial charge on any atom is 0.130 e. The van der Waals surface area contributed by atoms with Crippen LogP contribution in [0.3, 0.4) is 0 Å². The van der Waals surface area contributed by atoms with Gasteiger partial charge in [0.1, 0.15) is 16.1 Å². The summed E-state index contributed by atoms with van der Waals surface area (Å²) in [4.78, 5) is 0. The molecule has 88 valence electrons. The molecule has 0 saturated carbocycles. The van der Waals surface area contributed by atoms with Crippen LogP contribution in [0.4, 0.5) is 0 Å². The van der Waals surface area contributed by atoms with Crippen molar-refractivity contribution < 1.29 is 9.47 Å². The fourth-order valence-electron chi connectivity index (χ4n) is 1.65. The largest absolute Gasteiger partial charge is 0.496 e. The minimum atomic E-state index is 0.565. The summed E-state index contributed by atoms with van der Waals surface area (Å²) in [5.74, 6) is 1.46. The van der Waals surface area contributed by atoms with Crippen LogP contribution >= 0.6 is 12.2 Å². The molecule has 2 aromatic rings. The van der Waals surface area contributed by atoms with Gasteiger partial charge in [-0.25, -0.2) is 0 Å². The van der Waals surface area contributed by atoms with E-state index in [4.69, 9.17) is 21.7 Å². The van der Waals surface area contributed by atoms with Gasteiger partial charge in [-0.15, -0.1) is 0 Å². The van der Waals surface area contributed by atoms with Crippen molar-refractivity contribution in [3.05, 3.63) is 35.1 Å². The van der Waals surface area contributed by atoms with Crippen LogP contribution in [-0.4, -0.2) is 24.4 Å². The van der Waals surface area contributed by atoms with Crippen molar-refractivity contribution in [1.82, 2.24) is 10.2 Å². The molecular weight excluding hydrogens is 236 g/mol. The van der Waals surface area contributed by atoms with Crippen LogP contribution in [0.25, 0.3) is 11.1 Å². The molecule has 0 spiro atoms. The third-order valence-electron chi connectivity index (χ3n) is 2.38. The highest BCUT2D eigenvalue weighted by atomic mass is 32.1. The Labute approximate surface area is 104 Å². The molecule has 2 rings (SSSR count). The number of rotatable bonds is 3. The minimum absolute atomic E-state index is 0.565. The van der Waals surface area contributed by atoms with E-state index in [-0.39, 0.29) is 0 Å². The zero-order valence-electron chi connectivity index (χ0n) is 9.56. The third kappa shape index (κ3) is 2.29. The Morgan fingerprint density at radius 2 is 1.82 bits per heavy atom. The molecule has 17 heavy (non-hydrogen) atoms. The smallest absolute Gasteiger partial charge is 0.130 e. The second-order valence-electron chi connectivity index (χ2n) is 3.37. The maximum absolute atomic E-state index is 5.33. The Kier molecular flexibility index (Phi) is 3.39. The fraction of sp³-hybridized carbons (Fsp3) is 0.167. The van der Waals surface area contributed by atoms with Gasteiger partial charge in [0.25, 0.3) is 0 Å². The summed E-state index contributed by atoms with van der Waals surface area (Å²) in [6, 6.07) is 7.44. The predicted octanol–water partition coefficient (Wildman–Crippen LogP) is 2.82. The van der Waals surface area contributed by atoms with Gasteiger partial charge in [0.2, 0.25) is 0 Å². The van der Waals surface area contributed by atoms with Crippen LogP contribution in [-0.2, 0) is 0 Å². The second-order valence-corrected chi connectivity index (χ2v) is 3.81. The molecule has 1 aromatic heterocycles. The number of methoxy groups -OCH3 is 2. The zero-order valence-corrected chi connectivity index (χ0v) is 10.4. The van der Waals surface area contributed by atoms with Crippen molar-refractivity contribution in [1.29, 1.82) is 0 Å². The number of benzene rings is 1. The minimum Gasteiger partial charge on any atom is -0.496 e. The predicted molar refractivity (Wildman–Crippen MR) is 68.0 cm³/mol. The molecule has 1 aromatic carbocycles. The summed E-state index contributed by atoms with van der Waals surface area (Å²) >= 11 is 5.06. The first-order valence-electron chi connectivity index (χ1n) is 5.02. The van der Waals surface area contributed by atoms with Crippen LogP contribution in [0.2, 0.25) is 0 Å². The molecule has 4 nitrogen and oxygen atoms in total. The number of nitrogens with zero attached hydrogens (tertiary/aromatic N) is 1. The van der Waals surface area contributed by atoms with Crippen LogP contribution in [0.15, 0.2) is 30.5 Å². The Hall–Kier alpha value is -1.88. The van der Waals surface area contributed by atoms with E-state index in [2.05, 4.69) is 10.2 Å². The van der Waals surface area contributed by atoms with Crippen LogP contribution < -0.4 is 9.47 Å². The lowest BCUT2D eigenvalue weighted by atomic mass is 10.1. The molecular formula is C12H12N2O2S. The van der Waals surface area contributed by atoms with Gasteiger partial charge >= 0.3 is 0 Å². The van der Waals surface area contributed by atoms with E-state index >= 15 is 0 Å². The number of H-pyrrole nitrogens is 1. The summed E-state index contributed by atoms with van der Waals surface area (Å²) in [6.07, 6.45) is 1.69. The third-order valence-corrected chi connectivity index (χ3v) is 2.59. The molecule has 1 heterocycles. The second kappa shape index (κ2) is 4.97. The van der Waals surface area contributed by atoms with Crippen molar-refractivity contribution in [2.24, 2.45) is 0 Å². The lowest BCUT2D eigenvalue weighted by Crippen LogP contribution is -1.94. The Morgan fingerprint density at radius 3 is 2.35 bits per heavy atom. The number of aromatic nitrogens is 2. The van der Waals surface area contributed by atoms with E-state index in [1.165, 1.54) is 0 Å².